The fourth-order valence-corrected chi connectivity index (χ4v) is 3.90. The number of benzene rings is 2. The average Bonchev–Trinajstić information content (AvgIpc) is 3.29. The lowest BCUT2D eigenvalue weighted by atomic mass is 9.83. The number of hydrogen-bond donors (Lipinski definition) is 3. The second-order valence-corrected chi connectivity index (χ2v) is 6.69. The first-order valence-electron chi connectivity index (χ1n) is 8.76. The van der Waals surface area contributed by atoms with E-state index in [2.05, 4.69) is 16.2 Å². The lowest BCUT2D eigenvalue weighted by Crippen LogP contribution is -2.39. The van der Waals surface area contributed by atoms with Crippen LogP contribution in [0.1, 0.15) is 33.6 Å². The minimum atomic E-state index is -0.379. The monoisotopic (exact) mass is 367 g/mol. The van der Waals surface area contributed by atoms with Crippen molar-refractivity contribution in [2.75, 3.05) is 14.2 Å². The van der Waals surface area contributed by atoms with Crippen molar-refractivity contribution in [1.82, 2.24) is 16.2 Å². The van der Waals surface area contributed by atoms with Crippen molar-refractivity contribution in [3.8, 4) is 5.75 Å². The van der Waals surface area contributed by atoms with Gasteiger partial charge in [-0.1, -0.05) is 24.3 Å². The van der Waals surface area contributed by atoms with Gasteiger partial charge in [0.05, 0.1) is 31.9 Å². The molecule has 2 saturated heterocycles. The van der Waals surface area contributed by atoms with Crippen molar-refractivity contribution >= 4 is 11.9 Å². The molecule has 3 N–H and O–H groups in total. The number of nitrogens with one attached hydrogen (secondary N) is 3. The minimum absolute atomic E-state index is 0.00475. The van der Waals surface area contributed by atoms with Gasteiger partial charge in [0.2, 0.25) is 5.91 Å². The van der Waals surface area contributed by atoms with E-state index in [1.807, 2.05) is 36.4 Å². The summed E-state index contributed by atoms with van der Waals surface area (Å²) < 4.78 is 9.97. The molecule has 2 aliphatic heterocycles. The van der Waals surface area contributed by atoms with Crippen LogP contribution in [0, 0.1) is 5.92 Å². The summed E-state index contributed by atoms with van der Waals surface area (Å²) in [5.41, 5.74) is 8.88. The normalized spacial score (nSPS) is 26.4. The van der Waals surface area contributed by atoms with Crippen LogP contribution < -0.4 is 20.9 Å². The van der Waals surface area contributed by atoms with Crippen molar-refractivity contribution < 1.29 is 19.1 Å². The van der Waals surface area contributed by atoms with Gasteiger partial charge in [-0.2, -0.15) is 0 Å². The molecule has 2 aliphatic rings. The van der Waals surface area contributed by atoms with Crippen LogP contribution in [0.25, 0.3) is 0 Å². The zero-order valence-electron chi connectivity index (χ0n) is 15.1. The number of carbonyl (C=O) groups excluding carboxylic acids is 2. The molecule has 0 saturated carbocycles. The van der Waals surface area contributed by atoms with Gasteiger partial charge in [0, 0.05) is 5.92 Å². The molecule has 27 heavy (non-hydrogen) atoms. The van der Waals surface area contributed by atoms with E-state index in [1.54, 1.807) is 19.2 Å². The maximum Gasteiger partial charge on any atom is 0.337 e. The van der Waals surface area contributed by atoms with Gasteiger partial charge in [-0.25, -0.2) is 15.6 Å². The Bertz CT molecular complexity index is 851. The predicted octanol–water partition coefficient (Wildman–Crippen LogP) is 1.49. The molecule has 0 radical (unpaired) electrons. The molecular formula is C20H21N3O4. The van der Waals surface area contributed by atoms with Crippen LogP contribution in [0.15, 0.2) is 48.5 Å². The Morgan fingerprint density at radius 1 is 0.852 bits per heavy atom. The number of hydrazine groups is 1. The fourth-order valence-electron chi connectivity index (χ4n) is 3.90. The number of esters is 1. The van der Waals surface area contributed by atoms with Gasteiger partial charge in [0.15, 0.2) is 0 Å². The molecular weight excluding hydrogens is 346 g/mol. The fraction of sp³-hybridized carbons (Fsp3) is 0.300. The zero-order chi connectivity index (χ0) is 19.0. The summed E-state index contributed by atoms with van der Waals surface area (Å²) in [5, 5.41) is 3.07. The van der Waals surface area contributed by atoms with E-state index in [4.69, 9.17) is 9.47 Å². The summed E-state index contributed by atoms with van der Waals surface area (Å²) in [7, 11) is 2.99. The quantitative estimate of drug-likeness (QED) is 0.710. The first-order valence-corrected chi connectivity index (χ1v) is 8.76. The Morgan fingerprint density at radius 2 is 1.44 bits per heavy atom. The summed E-state index contributed by atoms with van der Waals surface area (Å²) in [4.78, 5) is 24.1. The maximum atomic E-state index is 12.4. The first-order chi connectivity index (χ1) is 13.1. The average molecular weight is 367 g/mol. The molecule has 1 amide bonds. The van der Waals surface area contributed by atoms with Crippen LogP contribution in [0.4, 0.5) is 0 Å². The number of rotatable bonds is 4. The molecule has 4 unspecified atom stereocenters. The summed E-state index contributed by atoms with van der Waals surface area (Å²) in [6.45, 7) is 0. The van der Waals surface area contributed by atoms with Crippen LogP contribution in [-0.4, -0.2) is 32.1 Å². The van der Waals surface area contributed by atoms with Crippen LogP contribution >= 0.6 is 0 Å². The number of hydrogen-bond acceptors (Lipinski definition) is 6. The second-order valence-electron chi connectivity index (χ2n) is 6.69. The SMILES string of the molecule is COC(=O)c1ccc(C2NC(=O)C3NNC(c4ccc(OC)cc4)C32)cc1. The Labute approximate surface area is 157 Å². The highest BCUT2D eigenvalue weighted by atomic mass is 16.5. The zero-order valence-corrected chi connectivity index (χ0v) is 15.1. The third-order valence-corrected chi connectivity index (χ3v) is 5.30. The van der Waals surface area contributed by atoms with Gasteiger partial charge in [0.25, 0.3) is 0 Å². The van der Waals surface area contributed by atoms with Crippen LogP contribution in [-0.2, 0) is 9.53 Å². The highest BCUT2D eigenvalue weighted by Gasteiger charge is 2.51. The standard InChI is InChI=1S/C20H21N3O4/c1-26-14-9-7-12(8-10-14)17-15-16(21-19(24)18(15)23-22-17)11-3-5-13(6-4-11)20(25)27-2/h3-10,15-18,22-23H,1-2H3,(H,21,24). The van der Waals surface area contributed by atoms with Crippen LogP contribution in [0.2, 0.25) is 0 Å². The van der Waals surface area contributed by atoms with E-state index in [0.717, 1.165) is 16.9 Å². The molecule has 7 heteroatoms. The Balaban J connectivity index is 1.63. The van der Waals surface area contributed by atoms with Crippen LogP contribution in [0.3, 0.4) is 0 Å². The molecule has 7 nitrogen and oxygen atoms in total. The summed E-state index contributed by atoms with van der Waals surface area (Å²) in [6.07, 6.45) is 0. The molecule has 0 spiro atoms. The maximum absolute atomic E-state index is 12.4. The molecule has 0 bridgehead atoms. The third kappa shape index (κ3) is 3.05. The number of methoxy groups -OCH3 is 2. The molecule has 0 aliphatic carbocycles. The number of amides is 1. The van der Waals surface area contributed by atoms with Crippen molar-refractivity contribution in [2.45, 2.75) is 18.1 Å². The summed E-state index contributed by atoms with van der Waals surface area (Å²) in [5.74, 6) is 0.368. The molecule has 0 aromatic heterocycles. The van der Waals surface area contributed by atoms with Gasteiger partial charge in [-0.3, -0.25) is 4.79 Å². The summed E-state index contributed by atoms with van der Waals surface area (Å²) >= 11 is 0. The van der Waals surface area contributed by atoms with Crippen molar-refractivity contribution in [1.29, 1.82) is 0 Å². The highest BCUT2D eigenvalue weighted by Crippen LogP contribution is 2.42. The predicted molar refractivity (Wildman–Crippen MR) is 97.9 cm³/mol. The highest BCUT2D eigenvalue weighted by molar-refractivity contribution is 5.89. The van der Waals surface area contributed by atoms with E-state index in [9.17, 15) is 9.59 Å². The topological polar surface area (TPSA) is 88.7 Å². The van der Waals surface area contributed by atoms with E-state index in [0.29, 0.717) is 5.56 Å². The van der Waals surface area contributed by atoms with Crippen molar-refractivity contribution in [3.63, 3.8) is 0 Å². The summed E-state index contributed by atoms with van der Waals surface area (Å²) in [6, 6.07) is 14.5. The first kappa shape index (κ1) is 17.5. The molecule has 2 heterocycles. The Morgan fingerprint density at radius 3 is 2.07 bits per heavy atom. The minimum Gasteiger partial charge on any atom is -0.497 e. The van der Waals surface area contributed by atoms with Gasteiger partial charge in [0.1, 0.15) is 11.8 Å². The van der Waals surface area contributed by atoms with Gasteiger partial charge >= 0.3 is 5.97 Å². The molecule has 2 aromatic rings. The Hall–Kier alpha value is -2.90. The largest absolute Gasteiger partial charge is 0.497 e. The Kier molecular flexibility index (Phi) is 4.55. The second kappa shape index (κ2) is 7.02. The van der Waals surface area contributed by atoms with E-state index in [-0.39, 0.29) is 35.9 Å². The van der Waals surface area contributed by atoms with Gasteiger partial charge in [-0.05, 0) is 35.4 Å². The number of carbonyl (C=O) groups is 2. The smallest absolute Gasteiger partial charge is 0.337 e. The third-order valence-electron chi connectivity index (χ3n) is 5.30. The van der Waals surface area contributed by atoms with E-state index in [1.165, 1.54) is 7.11 Å². The van der Waals surface area contributed by atoms with E-state index >= 15 is 0 Å². The lowest BCUT2D eigenvalue weighted by molar-refractivity contribution is -0.121. The van der Waals surface area contributed by atoms with Crippen molar-refractivity contribution in [3.05, 3.63) is 65.2 Å². The van der Waals surface area contributed by atoms with Crippen LogP contribution in [0.5, 0.6) is 5.75 Å². The van der Waals surface area contributed by atoms with Gasteiger partial charge < -0.3 is 14.8 Å². The molecule has 4 atom stereocenters. The lowest BCUT2D eigenvalue weighted by Gasteiger charge is -2.24. The molecule has 2 aromatic carbocycles. The van der Waals surface area contributed by atoms with E-state index < -0.39 is 0 Å². The van der Waals surface area contributed by atoms with Gasteiger partial charge in [-0.15, -0.1) is 0 Å². The molecule has 4 rings (SSSR count). The molecule has 2 fully saturated rings. The number of fused-ring (bicyclic) bond motifs is 1. The van der Waals surface area contributed by atoms with Crippen molar-refractivity contribution in [2.24, 2.45) is 5.92 Å². The molecule has 140 valence electrons. The number of ether oxygens (including phenoxy) is 2.